The molecule has 3 rings (SSSR count). The van der Waals surface area contributed by atoms with Crippen LogP contribution in [-0.2, 0) is 22.6 Å². The van der Waals surface area contributed by atoms with E-state index in [-0.39, 0.29) is 5.91 Å². The number of nitrogens with one attached hydrogen (secondary N) is 1. The highest BCUT2D eigenvalue weighted by atomic mass is 16.5. The number of nitrogens with zero attached hydrogens (tertiary/aromatic N) is 1. The van der Waals surface area contributed by atoms with Crippen LogP contribution in [0.1, 0.15) is 34.1 Å². The number of carbonyl (C=O) groups excluding carboxylic acids is 1. The SMILES string of the molecule is CCOCCOCc1cccc(CNC(=O)c2cc3ccccc3nc2C)c1. The van der Waals surface area contributed by atoms with E-state index in [4.69, 9.17) is 9.47 Å². The number of hydrogen-bond acceptors (Lipinski definition) is 4. The second-order valence-corrected chi connectivity index (χ2v) is 6.57. The van der Waals surface area contributed by atoms with Crippen LogP contribution in [0.5, 0.6) is 0 Å². The first-order valence-corrected chi connectivity index (χ1v) is 9.55. The first kappa shape index (κ1) is 20.0. The van der Waals surface area contributed by atoms with Gasteiger partial charge in [0.15, 0.2) is 0 Å². The molecule has 3 aromatic rings. The number of aryl methyl sites for hydroxylation is 1. The zero-order chi connectivity index (χ0) is 19.8. The minimum absolute atomic E-state index is 0.117. The van der Waals surface area contributed by atoms with Crippen LogP contribution in [0, 0.1) is 6.92 Å². The van der Waals surface area contributed by atoms with Crippen LogP contribution in [0.4, 0.5) is 0 Å². The van der Waals surface area contributed by atoms with Crippen LogP contribution in [-0.4, -0.2) is 30.7 Å². The second kappa shape index (κ2) is 9.97. The Labute approximate surface area is 165 Å². The number of benzene rings is 2. The third-order valence-corrected chi connectivity index (χ3v) is 4.45. The number of para-hydroxylation sites is 1. The number of pyridine rings is 1. The Morgan fingerprint density at radius 3 is 2.64 bits per heavy atom. The minimum Gasteiger partial charge on any atom is -0.379 e. The zero-order valence-electron chi connectivity index (χ0n) is 16.4. The van der Waals surface area contributed by atoms with Gasteiger partial charge in [0.05, 0.1) is 36.6 Å². The van der Waals surface area contributed by atoms with Crippen LogP contribution in [0.15, 0.2) is 54.6 Å². The molecule has 146 valence electrons. The van der Waals surface area contributed by atoms with Gasteiger partial charge in [-0.2, -0.15) is 0 Å². The normalized spacial score (nSPS) is 10.9. The maximum atomic E-state index is 12.7. The summed E-state index contributed by atoms with van der Waals surface area (Å²) < 4.78 is 10.9. The summed E-state index contributed by atoms with van der Waals surface area (Å²) in [5.74, 6) is -0.117. The predicted octanol–water partition coefficient (Wildman–Crippen LogP) is 4.03. The average molecular weight is 378 g/mol. The first-order chi connectivity index (χ1) is 13.7. The van der Waals surface area contributed by atoms with Crippen molar-refractivity contribution in [1.82, 2.24) is 10.3 Å². The van der Waals surface area contributed by atoms with Crippen molar-refractivity contribution < 1.29 is 14.3 Å². The van der Waals surface area contributed by atoms with Gasteiger partial charge in [-0.15, -0.1) is 0 Å². The van der Waals surface area contributed by atoms with E-state index in [1.165, 1.54) is 0 Å². The van der Waals surface area contributed by atoms with Crippen molar-refractivity contribution in [2.75, 3.05) is 19.8 Å². The zero-order valence-corrected chi connectivity index (χ0v) is 16.4. The van der Waals surface area contributed by atoms with Crippen molar-refractivity contribution in [1.29, 1.82) is 0 Å². The lowest BCUT2D eigenvalue weighted by molar-refractivity contribution is 0.0453. The summed E-state index contributed by atoms with van der Waals surface area (Å²) in [6, 6.07) is 17.7. The Bertz CT molecular complexity index is 940. The molecule has 1 aromatic heterocycles. The standard InChI is InChI=1S/C23H26N2O3/c1-3-27-11-12-28-16-19-8-6-7-18(13-19)15-24-23(26)21-14-20-9-4-5-10-22(20)25-17(21)2/h4-10,13-14H,3,11-12,15-16H2,1-2H3,(H,24,26). The summed E-state index contributed by atoms with van der Waals surface area (Å²) in [5, 5.41) is 3.95. The molecule has 0 aliphatic rings. The third kappa shape index (κ3) is 5.38. The summed E-state index contributed by atoms with van der Waals surface area (Å²) in [7, 11) is 0. The molecule has 0 saturated heterocycles. The quantitative estimate of drug-likeness (QED) is 0.571. The third-order valence-electron chi connectivity index (χ3n) is 4.45. The fraction of sp³-hybridized carbons (Fsp3) is 0.304. The number of rotatable bonds is 9. The van der Waals surface area contributed by atoms with Crippen molar-refractivity contribution in [2.45, 2.75) is 27.0 Å². The summed E-state index contributed by atoms with van der Waals surface area (Å²) >= 11 is 0. The van der Waals surface area contributed by atoms with Crippen LogP contribution in [0.3, 0.4) is 0 Å². The summed E-state index contributed by atoms with van der Waals surface area (Å²) in [5.41, 5.74) is 4.34. The molecule has 2 aromatic carbocycles. The second-order valence-electron chi connectivity index (χ2n) is 6.57. The molecule has 0 atom stereocenters. The maximum Gasteiger partial charge on any atom is 0.253 e. The number of amides is 1. The van der Waals surface area contributed by atoms with Crippen LogP contribution >= 0.6 is 0 Å². The molecular formula is C23H26N2O3. The van der Waals surface area contributed by atoms with Gasteiger partial charge in [-0.1, -0.05) is 42.5 Å². The van der Waals surface area contributed by atoms with Crippen LogP contribution < -0.4 is 5.32 Å². The minimum atomic E-state index is -0.117. The Kier molecular flexibility index (Phi) is 7.12. The fourth-order valence-corrected chi connectivity index (χ4v) is 3.00. The van der Waals surface area contributed by atoms with E-state index >= 15 is 0 Å². The molecule has 1 heterocycles. The highest BCUT2D eigenvalue weighted by Crippen LogP contribution is 2.16. The van der Waals surface area contributed by atoms with Gasteiger partial charge in [-0.05, 0) is 37.1 Å². The van der Waals surface area contributed by atoms with Crippen molar-refractivity contribution in [2.24, 2.45) is 0 Å². The van der Waals surface area contributed by atoms with Gasteiger partial charge >= 0.3 is 0 Å². The van der Waals surface area contributed by atoms with E-state index in [9.17, 15) is 4.79 Å². The van der Waals surface area contributed by atoms with Gasteiger partial charge in [-0.25, -0.2) is 0 Å². The molecule has 28 heavy (non-hydrogen) atoms. The average Bonchev–Trinajstić information content (AvgIpc) is 2.71. The lowest BCUT2D eigenvalue weighted by Gasteiger charge is -2.10. The van der Waals surface area contributed by atoms with E-state index < -0.39 is 0 Å². The molecule has 5 nitrogen and oxygen atoms in total. The Morgan fingerprint density at radius 1 is 1.00 bits per heavy atom. The molecule has 0 radical (unpaired) electrons. The summed E-state index contributed by atoms with van der Waals surface area (Å²) in [4.78, 5) is 17.2. The molecular weight excluding hydrogens is 352 g/mol. The van der Waals surface area contributed by atoms with Crippen molar-refractivity contribution in [3.8, 4) is 0 Å². The fourth-order valence-electron chi connectivity index (χ4n) is 3.00. The lowest BCUT2D eigenvalue weighted by Crippen LogP contribution is -2.24. The van der Waals surface area contributed by atoms with Crippen LogP contribution in [0.25, 0.3) is 10.9 Å². The van der Waals surface area contributed by atoms with E-state index in [2.05, 4.69) is 10.3 Å². The maximum absolute atomic E-state index is 12.7. The van der Waals surface area contributed by atoms with Crippen molar-refractivity contribution in [3.63, 3.8) is 0 Å². The molecule has 0 unspecified atom stereocenters. The molecule has 5 heteroatoms. The van der Waals surface area contributed by atoms with E-state index in [1.54, 1.807) is 0 Å². The molecule has 0 saturated carbocycles. The molecule has 0 bridgehead atoms. The Hall–Kier alpha value is -2.76. The van der Waals surface area contributed by atoms with Crippen molar-refractivity contribution >= 4 is 16.8 Å². The summed E-state index contributed by atoms with van der Waals surface area (Å²) in [6.45, 7) is 6.69. The van der Waals surface area contributed by atoms with E-state index in [1.807, 2.05) is 68.4 Å². The first-order valence-electron chi connectivity index (χ1n) is 9.55. The van der Waals surface area contributed by atoms with Gasteiger partial charge in [0.2, 0.25) is 0 Å². The van der Waals surface area contributed by atoms with E-state index in [0.717, 1.165) is 27.7 Å². The Morgan fingerprint density at radius 2 is 1.79 bits per heavy atom. The molecule has 1 N–H and O–H groups in total. The topological polar surface area (TPSA) is 60.5 Å². The van der Waals surface area contributed by atoms with Crippen molar-refractivity contribution in [3.05, 3.63) is 77.0 Å². The number of ether oxygens (including phenoxy) is 2. The highest BCUT2D eigenvalue weighted by molar-refractivity contribution is 5.98. The van der Waals surface area contributed by atoms with Gasteiger partial charge in [0.1, 0.15) is 0 Å². The van der Waals surface area contributed by atoms with Gasteiger partial charge < -0.3 is 14.8 Å². The van der Waals surface area contributed by atoms with Crippen LogP contribution in [0.2, 0.25) is 0 Å². The smallest absolute Gasteiger partial charge is 0.253 e. The van der Waals surface area contributed by atoms with E-state index in [0.29, 0.717) is 38.5 Å². The predicted molar refractivity (Wildman–Crippen MR) is 110 cm³/mol. The molecule has 0 aliphatic heterocycles. The molecule has 0 aliphatic carbocycles. The Balaban J connectivity index is 1.59. The van der Waals surface area contributed by atoms with Gasteiger partial charge in [0.25, 0.3) is 5.91 Å². The number of carbonyl (C=O) groups is 1. The highest BCUT2D eigenvalue weighted by Gasteiger charge is 2.11. The largest absolute Gasteiger partial charge is 0.379 e. The number of fused-ring (bicyclic) bond motifs is 1. The number of hydrogen-bond donors (Lipinski definition) is 1. The molecule has 0 fully saturated rings. The summed E-state index contributed by atoms with van der Waals surface area (Å²) in [6.07, 6.45) is 0. The molecule has 1 amide bonds. The number of aromatic nitrogens is 1. The van der Waals surface area contributed by atoms with Gasteiger partial charge in [0, 0.05) is 18.5 Å². The molecule has 0 spiro atoms. The van der Waals surface area contributed by atoms with Gasteiger partial charge in [-0.3, -0.25) is 9.78 Å². The monoisotopic (exact) mass is 378 g/mol. The lowest BCUT2D eigenvalue weighted by atomic mass is 10.1.